The quantitative estimate of drug-likeness (QED) is 0.908. The number of rotatable bonds is 3. The van der Waals surface area contributed by atoms with Crippen LogP contribution in [0.3, 0.4) is 0 Å². The van der Waals surface area contributed by atoms with Crippen LogP contribution in [-0.4, -0.2) is 42.1 Å². The molecule has 1 aromatic rings. The number of hydrogen-bond donors (Lipinski definition) is 1. The van der Waals surface area contributed by atoms with Crippen molar-refractivity contribution in [1.82, 2.24) is 0 Å². The summed E-state index contributed by atoms with van der Waals surface area (Å²) < 4.78 is 22.6. The van der Waals surface area contributed by atoms with E-state index in [1.807, 2.05) is 44.2 Å². The minimum Gasteiger partial charge on any atom is -0.385 e. The highest BCUT2D eigenvalue weighted by Gasteiger charge is 2.50. The zero-order valence-electron chi connectivity index (χ0n) is 11.7. The summed E-state index contributed by atoms with van der Waals surface area (Å²) in [6.45, 7) is 4.42. The van der Waals surface area contributed by atoms with E-state index in [2.05, 4.69) is 0 Å². The fourth-order valence-electron chi connectivity index (χ4n) is 2.62. The van der Waals surface area contributed by atoms with Gasteiger partial charge < -0.3 is 24.1 Å². The Morgan fingerprint density at radius 2 is 2.00 bits per heavy atom. The number of benzene rings is 1. The van der Waals surface area contributed by atoms with Gasteiger partial charge in [0.15, 0.2) is 12.1 Å². The molecule has 5 nitrogen and oxygen atoms in total. The molecule has 1 N–H and O–H groups in total. The van der Waals surface area contributed by atoms with Crippen LogP contribution in [0.15, 0.2) is 30.3 Å². The van der Waals surface area contributed by atoms with E-state index in [-0.39, 0.29) is 6.10 Å². The summed E-state index contributed by atoms with van der Waals surface area (Å²) in [4.78, 5) is 0. The molecule has 2 heterocycles. The zero-order valence-corrected chi connectivity index (χ0v) is 11.7. The van der Waals surface area contributed by atoms with Crippen LogP contribution in [0.5, 0.6) is 0 Å². The van der Waals surface area contributed by atoms with Crippen molar-refractivity contribution >= 4 is 0 Å². The van der Waals surface area contributed by atoms with Crippen LogP contribution in [0, 0.1) is 0 Å². The summed E-state index contributed by atoms with van der Waals surface area (Å²) >= 11 is 0. The van der Waals surface area contributed by atoms with Gasteiger partial charge in [0.1, 0.15) is 18.3 Å². The fourth-order valence-corrected chi connectivity index (χ4v) is 2.62. The second kappa shape index (κ2) is 5.42. The van der Waals surface area contributed by atoms with E-state index in [1.165, 1.54) is 0 Å². The van der Waals surface area contributed by atoms with E-state index >= 15 is 0 Å². The van der Waals surface area contributed by atoms with E-state index < -0.39 is 24.3 Å². The zero-order chi connectivity index (χ0) is 14.2. The lowest BCUT2D eigenvalue weighted by Gasteiger charge is -2.34. The second-order valence-electron chi connectivity index (χ2n) is 5.63. The molecule has 4 atom stereocenters. The third kappa shape index (κ3) is 2.87. The first-order valence-electron chi connectivity index (χ1n) is 6.86. The van der Waals surface area contributed by atoms with Gasteiger partial charge in [-0.15, -0.1) is 0 Å². The number of fused-ring (bicyclic) bond motifs is 1. The van der Waals surface area contributed by atoms with E-state index in [9.17, 15) is 5.11 Å². The van der Waals surface area contributed by atoms with E-state index in [0.29, 0.717) is 13.2 Å². The molecule has 1 aromatic carbocycles. The lowest BCUT2D eigenvalue weighted by atomic mass is 10.1. The average Bonchev–Trinajstić information content (AvgIpc) is 2.75. The third-order valence-electron chi connectivity index (χ3n) is 3.52. The van der Waals surface area contributed by atoms with Gasteiger partial charge >= 0.3 is 0 Å². The normalized spacial score (nSPS) is 35.8. The predicted molar refractivity (Wildman–Crippen MR) is 70.8 cm³/mol. The van der Waals surface area contributed by atoms with E-state index in [4.69, 9.17) is 18.9 Å². The Morgan fingerprint density at radius 1 is 1.25 bits per heavy atom. The summed E-state index contributed by atoms with van der Waals surface area (Å²) in [6.07, 6.45) is -2.18. The minimum atomic E-state index is -0.848. The van der Waals surface area contributed by atoms with Crippen LogP contribution in [-0.2, 0) is 25.6 Å². The maximum atomic E-state index is 10.3. The van der Waals surface area contributed by atoms with Gasteiger partial charge in [0.2, 0.25) is 0 Å². The predicted octanol–water partition coefficient (Wildman–Crippen LogP) is 1.44. The third-order valence-corrected chi connectivity index (χ3v) is 3.52. The highest BCUT2D eigenvalue weighted by Crippen LogP contribution is 2.34. The fraction of sp³-hybridized carbons (Fsp3) is 0.600. The van der Waals surface area contributed by atoms with Crippen molar-refractivity contribution in [1.29, 1.82) is 0 Å². The maximum Gasteiger partial charge on any atom is 0.186 e. The van der Waals surface area contributed by atoms with Crippen LogP contribution in [0.2, 0.25) is 0 Å². The van der Waals surface area contributed by atoms with Gasteiger partial charge in [-0.1, -0.05) is 30.3 Å². The van der Waals surface area contributed by atoms with Crippen molar-refractivity contribution in [3.8, 4) is 0 Å². The summed E-state index contributed by atoms with van der Waals surface area (Å²) in [5, 5.41) is 10.3. The van der Waals surface area contributed by atoms with Crippen molar-refractivity contribution in [2.75, 3.05) is 6.61 Å². The standard InChI is InChI=1S/C15H20O5/c1-15(2)19-11-9-18-14(12(16)13(11)20-15)17-8-10-6-4-3-5-7-10/h3-7,11-14,16H,8-9H2,1-2H3/t11-,12+,13+,14+/m0/s1. The van der Waals surface area contributed by atoms with Gasteiger partial charge in [-0.2, -0.15) is 0 Å². The topological polar surface area (TPSA) is 57.2 Å². The number of aliphatic hydroxyl groups excluding tert-OH is 1. The summed E-state index contributed by atoms with van der Waals surface area (Å²) in [6, 6.07) is 9.78. The molecule has 0 spiro atoms. The van der Waals surface area contributed by atoms with Crippen LogP contribution >= 0.6 is 0 Å². The first-order valence-corrected chi connectivity index (χ1v) is 6.86. The SMILES string of the molecule is CC1(C)O[C@H]2[C@@H](O)[C@H](OCc3ccccc3)OC[C@@H]2O1. The van der Waals surface area contributed by atoms with Crippen molar-refractivity contribution in [2.24, 2.45) is 0 Å². The molecule has 0 bridgehead atoms. The Labute approximate surface area is 118 Å². The van der Waals surface area contributed by atoms with Gasteiger partial charge in [0.25, 0.3) is 0 Å². The largest absolute Gasteiger partial charge is 0.385 e. The summed E-state index contributed by atoms with van der Waals surface area (Å²) in [5.41, 5.74) is 1.04. The lowest BCUT2D eigenvalue weighted by Crippen LogP contribution is -2.52. The van der Waals surface area contributed by atoms with E-state index in [0.717, 1.165) is 5.56 Å². The highest BCUT2D eigenvalue weighted by molar-refractivity contribution is 5.13. The second-order valence-corrected chi connectivity index (χ2v) is 5.63. The van der Waals surface area contributed by atoms with Crippen molar-refractivity contribution in [3.05, 3.63) is 35.9 Å². The maximum absolute atomic E-state index is 10.3. The molecule has 20 heavy (non-hydrogen) atoms. The first kappa shape index (κ1) is 14.0. The van der Waals surface area contributed by atoms with Crippen LogP contribution in [0.1, 0.15) is 19.4 Å². The van der Waals surface area contributed by atoms with Gasteiger partial charge in [-0.25, -0.2) is 0 Å². The minimum absolute atomic E-state index is 0.239. The first-order chi connectivity index (χ1) is 9.55. The smallest absolute Gasteiger partial charge is 0.186 e. The Morgan fingerprint density at radius 3 is 2.75 bits per heavy atom. The Kier molecular flexibility index (Phi) is 3.79. The lowest BCUT2D eigenvalue weighted by molar-refractivity contribution is -0.255. The molecule has 3 rings (SSSR count). The highest BCUT2D eigenvalue weighted by atomic mass is 16.8. The molecular weight excluding hydrogens is 260 g/mol. The number of hydrogen-bond acceptors (Lipinski definition) is 5. The van der Waals surface area contributed by atoms with Crippen LogP contribution < -0.4 is 0 Å². The van der Waals surface area contributed by atoms with Crippen LogP contribution in [0.25, 0.3) is 0 Å². The molecule has 110 valence electrons. The monoisotopic (exact) mass is 280 g/mol. The van der Waals surface area contributed by atoms with E-state index in [1.54, 1.807) is 0 Å². The number of ether oxygens (including phenoxy) is 4. The van der Waals surface area contributed by atoms with Crippen molar-refractivity contribution in [3.63, 3.8) is 0 Å². The molecule has 2 fully saturated rings. The average molecular weight is 280 g/mol. The van der Waals surface area contributed by atoms with Gasteiger partial charge in [-0.05, 0) is 19.4 Å². The molecule has 0 saturated carbocycles. The molecule has 2 saturated heterocycles. The van der Waals surface area contributed by atoms with Gasteiger partial charge in [0, 0.05) is 0 Å². The van der Waals surface area contributed by atoms with Crippen molar-refractivity contribution < 1.29 is 24.1 Å². The van der Waals surface area contributed by atoms with Crippen molar-refractivity contribution in [2.45, 2.75) is 50.8 Å². The molecule has 0 unspecified atom stereocenters. The molecular formula is C15H20O5. The number of aliphatic hydroxyl groups is 1. The Balaban J connectivity index is 1.59. The molecule has 0 amide bonds. The Bertz CT molecular complexity index is 447. The molecule has 5 heteroatoms. The molecule has 0 aromatic heterocycles. The molecule has 0 radical (unpaired) electrons. The summed E-state index contributed by atoms with van der Waals surface area (Å²) in [7, 11) is 0. The molecule has 2 aliphatic heterocycles. The van der Waals surface area contributed by atoms with Gasteiger partial charge in [-0.3, -0.25) is 0 Å². The molecule has 2 aliphatic rings. The van der Waals surface area contributed by atoms with Gasteiger partial charge in [0.05, 0.1) is 13.2 Å². The van der Waals surface area contributed by atoms with Crippen LogP contribution in [0.4, 0.5) is 0 Å². The molecule has 0 aliphatic carbocycles. The summed E-state index contributed by atoms with van der Waals surface area (Å²) in [5.74, 6) is -0.687. The Hall–Kier alpha value is -0.980.